The van der Waals surface area contributed by atoms with Crippen molar-refractivity contribution >= 4 is 0 Å². The van der Waals surface area contributed by atoms with Gasteiger partial charge in [0.05, 0.1) is 7.11 Å². The molecule has 1 fully saturated rings. The van der Waals surface area contributed by atoms with E-state index in [9.17, 15) is 8.78 Å². The van der Waals surface area contributed by atoms with E-state index in [2.05, 4.69) is 9.64 Å². The summed E-state index contributed by atoms with van der Waals surface area (Å²) >= 11 is 0. The Bertz CT molecular complexity index is 467. The van der Waals surface area contributed by atoms with Crippen LogP contribution in [0.3, 0.4) is 0 Å². The number of nitrogens with two attached hydrogens (primary N) is 1. The van der Waals surface area contributed by atoms with E-state index in [4.69, 9.17) is 10.5 Å². The van der Waals surface area contributed by atoms with Gasteiger partial charge in [0.1, 0.15) is 0 Å². The maximum Gasteiger partial charge on any atom is 0.387 e. The highest BCUT2D eigenvalue weighted by molar-refractivity contribution is 5.43. The molecule has 1 aromatic rings. The molecule has 2 N–H and O–H groups in total. The minimum absolute atomic E-state index is 0.0523. The van der Waals surface area contributed by atoms with Crippen LogP contribution >= 0.6 is 0 Å². The molecule has 1 aromatic carbocycles. The maximum absolute atomic E-state index is 12.3. The first-order valence-electron chi connectivity index (χ1n) is 7.07. The summed E-state index contributed by atoms with van der Waals surface area (Å²) in [4.78, 5) is 2.21. The molecule has 1 aliphatic carbocycles. The zero-order valence-corrected chi connectivity index (χ0v) is 12.4. The minimum Gasteiger partial charge on any atom is -0.493 e. The van der Waals surface area contributed by atoms with E-state index in [1.807, 2.05) is 7.05 Å². The van der Waals surface area contributed by atoms with E-state index in [-0.39, 0.29) is 5.75 Å². The molecule has 118 valence electrons. The minimum atomic E-state index is -2.86. The first-order chi connectivity index (χ1) is 10.0. The Hall–Kier alpha value is -1.40. The van der Waals surface area contributed by atoms with Crippen LogP contribution in [-0.2, 0) is 6.54 Å². The number of benzene rings is 1. The average molecular weight is 300 g/mol. The fourth-order valence-electron chi connectivity index (χ4n) is 2.62. The van der Waals surface area contributed by atoms with Crippen LogP contribution in [0, 0.1) is 5.92 Å². The van der Waals surface area contributed by atoms with Gasteiger partial charge in [-0.2, -0.15) is 8.78 Å². The van der Waals surface area contributed by atoms with Crippen molar-refractivity contribution in [3.05, 3.63) is 23.8 Å². The molecule has 6 heteroatoms. The van der Waals surface area contributed by atoms with Crippen molar-refractivity contribution in [3.8, 4) is 11.5 Å². The van der Waals surface area contributed by atoms with E-state index >= 15 is 0 Å². The van der Waals surface area contributed by atoms with Crippen molar-refractivity contribution < 1.29 is 18.3 Å². The van der Waals surface area contributed by atoms with Crippen LogP contribution in [0.2, 0.25) is 0 Å². The molecule has 0 aromatic heterocycles. The quantitative estimate of drug-likeness (QED) is 0.801. The van der Waals surface area contributed by atoms with E-state index in [1.54, 1.807) is 12.1 Å². The molecule has 0 heterocycles. The van der Waals surface area contributed by atoms with Crippen molar-refractivity contribution in [2.75, 3.05) is 20.7 Å². The number of alkyl halides is 2. The second-order valence-corrected chi connectivity index (χ2v) is 5.42. The Morgan fingerprint density at radius 2 is 2.05 bits per heavy atom. The van der Waals surface area contributed by atoms with E-state index in [0.717, 1.165) is 5.56 Å². The van der Waals surface area contributed by atoms with Crippen LogP contribution in [0.4, 0.5) is 8.78 Å². The van der Waals surface area contributed by atoms with Gasteiger partial charge in [-0.3, -0.25) is 4.90 Å². The Balaban J connectivity index is 2.05. The summed E-state index contributed by atoms with van der Waals surface area (Å²) in [5, 5.41) is 0. The molecule has 2 rings (SSSR count). The summed E-state index contributed by atoms with van der Waals surface area (Å²) in [5.74, 6) is 1.05. The van der Waals surface area contributed by atoms with Crippen molar-refractivity contribution in [2.24, 2.45) is 11.7 Å². The smallest absolute Gasteiger partial charge is 0.387 e. The van der Waals surface area contributed by atoms with Crippen molar-refractivity contribution in [3.63, 3.8) is 0 Å². The Labute approximate surface area is 123 Å². The predicted molar refractivity (Wildman–Crippen MR) is 76.7 cm³/mol. The van der Waals surface area contributed by atoms with Gasteiger partial charge in [-0.15, -0.1) is 0 Å². The average Bonchev–Trinajstić information content (AvgIpc) is 3.25. The van der Waals surface area contributed by atoms with Crippen LogP contribution in [0.15, 0.2) is 18.2 Å². The number of rotatable bonds is 8. The number of ether oxygens (including phenoxy) is 2. The van der Waals surface area contributed by atoms with Gasteiger partial charge in [-0.25, -0.2) is 0 Å². The predicted octanol–water partition coefficient (Wildman–Crippen LogP) is 2.47. The second kappa shape index (κ2) is 7.04. The zero-order valence-electron chi connectivity index (χ0n) is 12.4. The lowest BCUT2D eigenvalue weighted by Gasteiger charge is -2.27. The molecule has 0 spiro atoms. The van der Waals surface area contributed by atoms with Crippen LogP contribution in [0.1, 0.15) is 18.4 Å². The van der Waals surface area contributed by atoms with E-state index in [1.165, 1.54) is 26.0 Å². The molecule has 0 bridgehead atoms. The summed E-state index contributed by atoms with van der Waals surface area (Å²) in [6.45, 7) is -1.53. The van der Waals surface area contributed by atoms with Crippen molar-refractivity contribution in [1.29, 1.82) is 0 Å². The first-order valence-corrected chi connectivity index (χ1v) is 7.07. The summed E-state index contributed by atoms with van der Waals surface area (Å²) < 4.78 is 34.1. The monoisotopic (exact) mass is 300 g/mol. The van der Waals surface area contributed by atoms with E-state index in [0.29, 0.717) is 30.8 Å². The van der Waals surface area contributed by atoms with Crippen LogP contribution in [-0.4, -0.2) is 38.3 Å². The lowest BCUT2D eigenvalue weighted by atomic mass is 10.1. The van der Waals surface area contributed by atoms with Gasteiger partial charge in [0.2, 0.25) is 0 Å². The molecule has 0 aliphatic heterocycles. The van der Waals surface area contributed by atoms with Gasteiger partial charge in [0, 0.05) is 19.1 Å². The number of nitrogens with zero attached hydrogens (tertiary/aromatic N) is 1. The third-order valence-corrected chi connectivity index (χ3v) is 3.85. The first kappa shape index (κ1) is 16.0. The fourth-order valence-corrected chi connectivity index (χ4v) is 2.62. The number of likely N-dealkylation sites (N-methyl/N-ethyl adjacent to an activating group) is 1. The topological polar surface area (TPSA) is 47.7 Å². The van der Waals surface area contributed by atoms with Crippen molar-refractivity contribution in [2.45, 2.75) is 32.0 Å². The van der Waals surface area contributed by atoms with Gasteiger partial charge in [-0.05, 0) is 43.5 Å². The number of hydrogen-bond donors (Lipinski definition) is 1. The second-order valence-electron chi connectivity index (χ2n) is 5.42. The molecular weight excluding hydrogens is 278 g/mol. The van der Waals surface area contributed by atoms with Crippen LogP contribution in [0.5, 0.6) is 11.5 Å². The molecule has 0 saturated heterocycles. The largest absolute Gasteiger partial charge is 0.493 e. The highest BCUT2D eigenvalue weighted by Crippen LogP contribution is 2.35. The van der Waals surface area contributed by atoms with Gasteiger partial charge in [0.15, 0.2) is 11.5 Å². The lowest BCUT2D eigenvalue weighted by molar-refractivity contribution is -0.0512. The Morgan fingerprint density at radius 1 is 1.33 bits per heavy atom. The lowest BCUT2D eigenvalue weighted by Crippen LogP contribution is -2.39. The Kier molecular flexibility index (Phi) is 5.36. The molecule has 4 nitrogen and oxygen atoms in total. The summed E-state index contributed by atoms with van der Waals surface area (Å²) in [6, 6.07) is 5.39. The number of methoxy groups -OCH3 is 1. The third-order valence-electron chi connectivity index (χ3n) is 3.85. The molecular formula is C15H22F2N2O2. The SMILES string of the molecule is COc1cc(CN(C)C(CN)C2CC2)ccc1OC(F)F. The summed E-state index contributed by atoms with van der Waals surface area (Å²) in [7, 11) is 3.47. The van der Waals surface area contributed by atoms with E-state index < -0.39 is 6.61 Å². The molecule has 21 heavy (non-hydrogen) atoms. The molecule has 1 aliphatic rings. The Morgan fingerprint density at radius 3 is 2.57 bits per heavy atom. The fraction of sp³-hybridized carbons (Fsp3) is 0.600. The molecule has 0 radical (unpaired) electrons. The van der Waals surface area contributed by atoms with Gasteiger partial charge < -0.3 is 15.2 Å². The summed E-state index contributed by atoms with van der Waals surface area (Å²) in [6.07, 6.45) is 2.47. The van der Waals surface area contributed by atoms with Gasteiger partial charge >= 0.3 is 6.61 Å². The number of halogens is 2. The number of hydrogen-bond acceptors (Lipinski definition) is 4. The zero-order chi connectivity index (χ0) is 15.4. The maximum atomic E-state index is 12.3. The highest BCUT2D eigenvalue weighted by atomic mass is 19.3. The highest BCUT2D eigenvalue weighted by Gasteiger charge is 2.32. The molecule has 1 saturated carbocycles. The van der Waals surface area contributed by atoms with Crippen LogP contribution in [0.25, 0.3) is 0 Å². The molecule has 1 atom stereocenters. The molecule has 1 unspecified atom stereocenters. The van der Waals surface area contributed by atoms with Gasteiger partial charge in [-0.1, -0.05) is 6.07 Å². The van der Waals surface area contributed by atoms with Crippen LogP contribution < -0.4 is 15.2 Å². The standard InChI is InChI=1S/C15H22F2N2O2/c1-19(12(8-18)11-4-5-11)9-10-3-6-13(21-15(16)17)14(7-10)20-2/h3,6-7,11-12,15H,4-5,8-9,18H2,1-2H3. The van der Waals surface area contributed by atoms with Crippen molar-refractivity contribution in [1.82, 2.24) is 4.90 Å². The summed E-state index contributed by atoms with van der Waals surface area (Å²) in [5.41, 5.74) is 6.82. The third kappa shape index (κ3) is 4.28. The van der Waals surface area contributed by atoms with Gasteiger partial charge in [0.25, 0.3) is 0 Å². The molecule has 0 amide bonds. The normalized spacial score (nSPS) is 16.3.